The minimum absolute atomic E-state index is 0.0407. The average molecular weight is 234 g/mol. The molecular formula is C14H18OS. The number of thioether (sulfide) groups is 1. The molecule has 0 fully saturated rings. The third-order valence-corrected chi connectivity index (χ3v) is 2.81. The Balaban J connectivity index is 2.89. The quantitative estimate of drug-likeness (QED) is 0.447. The van der Waals surface area contributed by atoms with E-state index in [4.69, 9.17) is 4.74 Å². The molecule has 0 bridgehead atoms. The van der Waals surface area contributed by atoms with Crippen LogP contribution < -0.4 is 0 Å². The van der Waals surface area contributed by atoms with Gasteiger partial charge in [-0.3, -0.25) is 0 Å². The molecule has 0 aliphatic rings. The van der Waals surface area contributed by atoms with E-state index in [9.17, 15) is 0 Å². The maximum Gasteiger partial charge on any atom is 0.0963 e. The minimum atomic E-state index is 0.0407. The molecule has 0 amide bonds. The van der Waals surface area contributed by atoms with E-state index in [1.54, 1.807) is 18.9 Å². The molecule has 0 aliphatic carbocycles. The highest BCUT2D eigenvalue weighted by Gasteiger charge is 2.04. The summed E-state index contributed by atoms with van der Waals surface area (Å²) in [5, 5.41) is 0. The van der Waals surface area contributed by atoms with E-state index in [2.05, 4.69) is 44.7 Å². The number of hydrogen-bond donors (Lipinski definition) is 0. The van der Waals surface area contributed by atoms with Gasteiger partial charge in [0.2, 0.25) is 0 Å². The minimum Gasteiger partial charge on any atom is -0.374 e. The summed E-state index contributed by atoms with van der Waals surface area (Å²) in [4.78, 5) is 1.18. The first-order valence-electron chi connectivity index (χ1n) is 5.27. The van der Waals surface area contributed by atoms with Crippen LogP contribution in [0.3, 0.4) is 0 Å². The van der Waals surface area contributed by atoms with Crippen LogP contribution in [0.1, 0.15) is 26.3 Å². The maximum atomic E-state index is 5.06. The fourth-order valence-electron chi connectivity index (χ4n) is 1.07. The van der Waals surface area contributed by atoms with Gasteiger partial charge >= 0.3 is 0 Å². The Morgan fingerprint density at radius 1 is 1.25 bits per heavy atom. The van der Waals surface area contributed by atoms with Crippen LogP contribution in [0.5, 0.6) is 0 Å². The van der Waals surface area contributed by atoms with E-state index in [0.29, 0.717) is 5.94 Å². The fraction of sp³-hybridized carbons (Fsp3) is 0.429. The highest BCUT2D eigenvalue weighted by molar-refractivity contribution is 7.99. The van der Waals surface area contributed by atoms with Crippen molar-refractivity contribution in [3.63, 3.8) is 0 Å². The van der Waals surface area contributed by atoms with Gasteiger partial charge in [0.05, 0.1) is 5.94 Å². The van der Waals surface area contributed by atoms with E-state index in [-0.39, 0.29) is 5.41 Å². The molecule has 0 saturated carbocycles. The molecular weight excluding hydrogens is 216 g/mol. The molecule has 0 spiro atoms. The summed E-state index contributed by atoms with van der Waals surface area (Å²) in [7, 11) is 1.70. The third-order valence-electron chi connectivity index (χ3n) is 1.79. The Morgan fingerprint density at radius 3 is 2.56 bits per heavy atom. The van der Waals surface area contributed by atoms with Gasteiger partial charge in [-0.1, -0.05) is 35.7 Å². The number of benzene rings is 1. The first-order valence-corrected chi connectivity index (χ1v) is 6.25. The lowest BCUT2D eigenvalue weighted by Gasteiger charge is -2.08. The topological polar surface area (TPSA) is 9.23 Å². The Kier molecular flexibility index (Phi) is 4.92. The Labute approximate surface area is 103 Å². The monoisotopic (exact) mass is 234 g/mol. The molecule has 1 aromatic rings. The lowest BCUT2D eigenvalue weighted by molar-refractivity contribution is 0.259. The first-order chi connectivity index (χ1) is 7.53. The normalized spacial score (nSPS) is 10.8. The second kappa shape index (κ2) is 5.98. The lowest BCUT2D eigenvalue weighted by Crippen LogP contribution is -1.99. The Hall–Kier alpha value is -0.910. The van der Waals surface area contributed by atoms with E-state index >= 15 is 0 Å². The second-order valence-corrected chi connectivity index (χ2v) is 5.51. The highest BCUT2D eigenvalue weighted by Crippen LogP contribution is 2.22. The van der Waals surface area contributed by atoms with E-state index in [0.717, 1.165) is 5.56 Å². The molecule has 0 N–H and O–H groups in total. The molecule has 0 radical (unpaired) electrons. The van der Waals surface area contributed by atoms with Crippen LogP contribution >= 0.6 is 11.8 Å². The lowest BCUT2D eigenvalue weighted by atomic mass is 9.97. The van der Waals surface area contributed by atoms with Crippen molar-refractivity contribution in [3.8, 4) is 11.8 Å². The molecule has 0 heterocycles. The van der Waals surface area contributed by atoms with Crippen molar-refractivity contribution in [2.45, 2.75) is 25.7 Å². The van der Waals surface area contributed by atoms with Crippen LogP contribution in [0, 0.1) is 17.3 Å². The summed E-state index contributed by atoms with van der Waals surface area (Å²) in [6, 6.07) is 8.18. The van der Waals surface area contributed by atoms with Crippen LogP contribution in [-0.4, -0.2) is 13.0 Å². The highest BCUT2D eigenvalue weighted by atomic mass is 32.2. The number of methoxy groups -OCH3 is 1. The zero-order valence-corrected chi connectivity index (χ0v) is 11.1. The van der Waals surface area contributed by atoms with Crippen molar-refractivity contribution in [2.75, 3.05) is 13.0 Å². The van der Waals surface area contributed by atoms with Gasteiger partial charge in [-0.25, -0.2) is 0 Å². The number of rotatable bonds is 3. The summed E-state index contributed by atoms with van der Waals surface area (Å²) in [6.45, 7) is 6.35. The second-order valence-electron chi connectivity index (χ2n) is 4.55. The van der Waals surface area contributed by atoms with Crippen molar-refractivity contribution in [2.24, 2.45) is 5.41 Å². The van der Waals surface area contributed by atoms with Gasteiger partial charge in [-0.05, 0) is 32.9 Å². The molecule has 0 aromatic heterocycles. The van der Waals surface area contributed by atoms with Crippen LogP contribution in [0.15, 0.2) is 29.2 Å². The summed E-state index contributed by atoms with van der Waals surface area (Å²) < 4.78 is 5.06. The van der Waals surface area contributed by atoms with Gasteiger partial charge in [0.1, 0.15) is 0 Å². The van der Waals surface area contributed by atoms with Gasteiger partial charge in [-0.15, -0.1) is 0 Å². The molecule has 0 saturated heterocycles. The van der Waals surface area contributed by atoms with E-state index in [1.807, 2.05) is 12.1 Å². The molecule has 1 nitrogen and oxygen atoms in total. The molecule has 1 aromatic carbocycles. The van der Waals surface area contributed by atoms with Gasteiger partial charge in [-0.2, -0.15) is 0 Å². The van der Waals surface area contributed by atoms with Gasteiger partial charge in [0.25, 0.3) is 0 Å². The Bertz CT molecular complexity index is 393. The summed E-state index contributed by atoms with van der Waals surface area (Å²) in [6.07, 6.45) is 0. The first kappa shape index (κ1) is 13.2. The predicted octanol–water partition coefficient (Wildman–Crippen LogP) is 3.78. The van der Waals surface area contributed by atoms with Crippen LogP contribution in [0.25, 0.3) is 0 Å². The molecule has 16 heavy (non-hydrogen) atoms. The fourth-order valence-corrected chi connectivity index (χ4v) is 1.77. The van der Waals surface area contributed by atoms with Crippen LogP contribution in [0.2, 0.25) is 0 Å². The zero-order chi connectivity index (χ0) is 12.0. The average Bonchev–Trinajstić information content (AvgIpc) is 2.23. The summed E-state index contributed by atoms with van der Waals surface area (Å²) in [5.41, 5.74) is 1.12. The van der Waals surface area contributed by atoms with E-state index < -0.39 is 0 Å². The molecule has 1 rings (SSSR count). The number of hydrogen-bond acceptors (Lipinski definition) is 2. The van der Waals surface area contributed by atoms with Crippen LogP contribution in [-0.2, 0) is 4.74 Å². The number of ether oxygens (including phenoxy) is 1. The van der Waals surface area contributed by atoms with Crippen LogP contribution in [0.4, 0.5) is 0 Å². The Morgan fingerprint density at radius 2 is 1.94 bits per heavy atom. The van der Waals surface area contributed by atoms with Gasteiger partial charge in [0.15, 0.2) is 0 Å². The summed E-state index contributed by atoms with van der Waals surface area (Å²) in [5.74, 6) is 7.15. The van der Waals surface area contributed by atoms with Crippen molar-refractivity contribution in [1.82, 2.24) is 0 Å². The molecule has 0 aliphatic heterocycles. The van der Waals surface area contributed by atoms with Gasteiger partial charge < -0.3 is 4.74 Å². The zero-order valence-electron chi connectivity index (χ0n) is 10.3. The van der Waals surface area contributed by atoms with Crippen molar-refractivity contribution in [1.29, 1.82) is 0 Å². The largest absolute Gasteiger partial charge is 0.374 e. The molecule has 0 atom stereocenters. The smallest absolute Gasteiger partial charge is 0.0963 e. The third kappa shape index (κ3) is 4.74. The molecule has 2 heteroatoms. The molecule has 86 valence electrons. The van der Waals surface area contributed by atoms with Crippen molar-refractivity contribution >= 4 is 11.8 Å². The van der Waals surface area contributed by atoms with Gasteiger partial charge in [0, 0.05) is 23.0 Å². The maximum absolute atomic E-state index is 5.06. The predicted molar refractivity (Wildman–Crippen MR) is 70.5 cm³/mol. The van der Waals surface area contributed by atoms with Crippen molar-refractivity contribution in [3.05, 3.63) is 29.8 Å². The summed E-state index contributed by atoms with van der Waals surface area (Å²) >= 11 is 1.67. The van der Waals surface area contributed by atoms with Crippen molar-refractivity contribution < 1.29 is 4.74 Å². The standard InChI is InChI=1S/C14H18OS/c1-14(2,3)10-9-12-7-5-6-8-13(12)16-11-15-4/h5-8H,11H2,1-4H3. The SMILES string of the molecule is COCSc1ccccc1C#CC(C)(C)C. The van der Waals surface area contributed by atoms with E-state index in [1.165, 1.54) is 4.90 Å². The molecule has 0 unspecified atom stereocenters.